The number of sulfonamides is 1. The van der Waals surface area contributed by atoms with E-state index in [1.165, 1.54) is 0 Å². The number of rotatable bonds is 7. The third kappa shape index (κ3) is 6.36. The van der Waals surface area contributed by atoms with Gasteiger partial charge in [-0.2, -0.15) is 17.5 Å². The molecule has 0 aromatic heterocycles. The zero-order chi connectivity index (χ0) is 23.5. The first-order valence-electron chi connectivity index (χ1n) is 9.62. The fourth-order valence-corrected chi connectivity index (χ4v) is 5.57. The smallest absolute Gasteiger partial charge is 0.416 e. The van der Waals surface area contributed by atoms with E-state index in [1.54, 1.807) is 12.1 Å². The van der Waals surface area contributed by atoms with E-state index in [-0.39, 0.29) is 31.3 Å². The van der Waals surface area contributed by atoms with Crippen molar-refractivity contribution in [2.45, 2.75) is 17.2 Å². The average molecular weight is 558 g/mol. The molecule has 0 bridgehead atoms. The number of nitrogens with zero attached hydrogens (tertiary/aromatic N) is 2. The molecule has 0 unspecified atom stereocenters. The Morgan fingerprint density at radius 2 is 1.81 bits per heavy atom. The minimum absolute atomic E-state index is 0.0636. The topological polar surface area (TPSA) is 70.1 Å². The van der Waals surface area contributed by atoms with Crippen molar-refractivity contribution in [3.63, 3.8) is 0 Å². The van der Waals surface area contributed by atoms with Crippen molar-refractivity contribution in [1.29, 1.82) is 0 Å². The van der Waals surface area contributed by atoms with Crippen molar-refractivity contribution in [2.24, 2.45) is 0 Å². The molecule has 1 heterocycles. The van der Waals surface area contributed by atoms with E-state index in [1.807, 2.05) is 17.0 Å². The maximum Gasteiger partial charge on any atom is 0.416 e. The number of benzene rings is 2. The molecule has 0 aliphatic carbocycles. The lowest BCUT2D eigenvalue weighted by atomic mass is 10.2. The highest BCUT2D eigenvalue weighted by Crippen LogP contribution is 2.34. The van der Waals surface area contributed by atoms with Crippen LogP contribution in [0.3, 0.4) is 0 Å². The molecule has 0 amide bonds. The summed E-state index contributed by atoms with van der Waals surface area (Å²) in [4.78, 5) is 1.30. The van der Waals surface area contributed by atoms with Gasteiger partial charge in [-0.05, 0) is 36.4 Å². The molecule has 1 aliphatic rings. The van der Waals surface area contributed by atoms with Crippen molar-refractivity contribution in [1.82, 2.24) is 9.21 Å². The Bertz CT molecular complexity index is 1050. The average Bonchev–Trinajstić information content (AvgIpc) is 2.72. The summed E-state index contributed by atoms with van der Waals surface area (Å²) in [6.45, 7) is 1.08. The fraction of sp³-hybridized carbons (Fsp3) is 0.400. The minimum atomic E-state index is -4.68. The maximum atomic E-state index is 13.0. The van der Waals surface area contributed by atoms with Gasteiger partial charge in [0.25, 0.3) is 0 Å². The van der Waals surface area contributed by atoms with E-state index in [9.17, 15) is 26.7 Å². The lowest BCUT2D eigenvalue weighted by Crippen LogP contribution is -2.50. The zero-order valence-electron chi connectivity index (χ0n) is 16.7. The van der Waals surface area contributed by atoms with E-state index < -0.39 is 32.8 Å². The van der Waals surface area contributed by atoms with Gasteiger partial charge < -0.3 is 9.84 Å². The standard InChI is InChI=1S/C20H21BrClF3N2O4S/c21-15-2-1-3-17(11-15)31-13-16(28)12-26-6-8-27(9-7-26)32(29,30)19-10-14(20(23,24)25)4-5-18(19)22/h1-5,10-11,16,28H,6-9,12-13H2/t16-/m0/s1. The molecule has 1 aliphatic heterocycles. The molecule has 1 atom stereocenters. The third-order valence-electron chi connectivity index (χ3n) is 4.92. The molecule has 0 radical (unpaired) electrons. The fourth-order valence-electron chi connectivity index (χ4n) is 3.27. The first kappa shape index (κ1) is 25.3. The molecule has 3 rings (SSSR count). The van der Waals surface area contributed by atoms with Crippen LogP contribution in [0.4, 0.5) is 13.2 Å². The molecule has 1 fully saturated rings. The molecule has 0 saturated carbocycles. The van der Waals surface area contributed by atoms with Gasteiger partial charge in [0, 0.05) is 37.2 Å². The summed E-state index contributed by atoms with van der Waals surface area (Å²) in [5, 5.41) is 9.98. The van der Waals surface area contributed by atoms with Crippen LogP contribution in [0.25, 0.3) is 0 Å². The van der Waals surface area contributed by atoms with Crippen LogP contribution >= 0.6 is 27.5 Å². The normalized spacial score (nSPS) is 17.3. The minimum Gasteiger partial charge on any atom is -0.491 e. The zero-order valence-corrected chi connectivity index (χ0v) is 19.9. The second-order valence-corrected chi connectivity index (χ2v) is 10.5. The lowest BCUT2D eigenvalue weighted by Gasteiger charge is -2.35. The van der Waals surface area contributed by atoms with Gasteiger partial charge in [0.2, 0.25) is 10.0 Å². The van der Waals surface area contributed by atoms with Gasteiger partial charge in [0.1, 0.15) is 23.4 Å². The Labute approximate surface area is 197 Å². The van der Waals surface area contributed by atoms with Crippen LogP contribution in [-0.4, -0.2) is 68.2 Å². The molecule has 1 saturated heterocycles. The van der Waals surface area contributed by atoms with E-state index >= 15 is 0 Å². The molecule has 0 spiro atoms. The molecule has 6 nitrogen and oxygen atoms in total. The highest BCUT2D eigenvalue weighted by molar-refractivity contribution is 9.10. The Balaban J connectivity index is 1.57. The van der Waals surface area contributed by atoms with Crippen LogP contribution < -0.4 is 4.74 Å². The van der Waals surface area contributed by atoms with Gasteiger partial charge in [-0.25, -0.2) is 8.42 Å². The number of aliphatic hydroxyl groups excluding tert-OH is 1. The third-order valence-corrected chi connectivity index (χ3v) is 7.79. The summed E-state index contributed by atoms with van der Waals surface area (Å²) in [7, 11) is -4.19. The quantitative estimate of drug-likeness (QED) is 0.560. The molecule has 1 N–H and O–H groups in total. The number of halogens is 5. The SMILES string of the molecule is O=S(=O)(c1cc(C(F)(F)F)ccc1Cl)N1CCN(C[C@H](O)COc2cccc(Br)c2)CC1. The number of hydrogen-bond acceptors (Lipinski definition) is 5. The van der Waals surface area contributed by atoms with Crippen molar-refractivity contribution < 1.29 is 31.4 Å². The van der Waals surface area contributed by atoms with E-state index in [0.717, 1.165) is 20.9 Å². The summed E-state index contributed by atoms with van der Waals surface area (Å²) in [6, 6.07) is 9.44. The largest absolute Gasteiger partial charge is 0.491 e. The highest BCUT2D eigenvalue weighted by atomic mass is 79.9. The van der Waals surface area contributed by atoms with Gasteiger partial charge >= 0.3 is 6.18 Å². The summed E-state index contributed by atoms with van der Waals surface area (Å²) < 4.78 is 72.3. The van der Waals surface area contributed by atoms with Crippen LogP contribution in [0.1, 0.15) is 5.56 Å². The van der Waals surface area contributed by atoms with Crippen LogP contribution in [0, 0.1) is 0 Å². The predicted molar refractivity (Wildman–Crippen MR) is 117 cm³/mol. The molecule has 12 heteroatoms. The van der Waals surface area contributed by atoms with E-state index in [4.69, 9.17) is 16.3 Å². The number of hydrogen-bond donors (Lipinski definition) is 1. The second-order valence-electron chi connectivity index (χ2n) is 7.27. The molecule has 2 aromatic rings. The van der Waals surface area contributed by atoms with Gasteiger partial charge in [0.05, 0.1) is 10.6 Å². The summed E-state index contributed by atoms with van der Waals surface area (Å²) in [5.74, 6) is 0.604. The van der Waals surface area contributed by atoms with Crippen LogP contribution in [-0.2, 0) is 16.2 Å². The van der Waals surface area contributed by atoms with Crippen molar-refractivity contribution in [3.05, 3.63) is 57.5 Å². The Hall–Kier alpha value is -1.37. The molecule has 32 heavy (non-hydrogen) atoms. The molecule has 2 aromatic carbocycles. The monoisotopic (exact) mass is 556 g/mol. The van der Waals surface area contributed by atoms with E-state index in [0.29, 0.717) is 24.9 Å². The Kier molecular flexibility index (Phi) is 8.11. The highest BCUT2D eigenvalue weighted by Gasteiger charge is 2.35. The summed E-state index contributed by atoms with van der Waals surface area (Å²) >= 11 is 9.25. The van der Waals surface area contributed by atoms with Crippen LogP contribution in [0.2, 0.25) is 5.02 Å². The molecule has 176 valence electrons. The van der Waals surface area contributed by atoms with Gasteiger partial charge in [-0.3, -0.25) is 4.90 Å². The predicted octanol–water partition coefficient (Wildman–Crippen LogP) is 3.87. The second kappa shape index (κ2) is 10.3. The van der Waals surface area contributed by atoms with E-state index in [2.05, 4.69) is 15.9 Å². The summed E-state index contributed by atoms with van der Waals surface area (Å²) in [5.41, 5.74) is -1.08. The number of alkyl halides is 3. The lowest BCUT2D eigenvalue weighted by molar-refractivity contribution is -0.137. The number of β-amino-alcohol motifs (C(OH)–C–C–N with tert-alkyl or cyclic N) is 1. The molecular weight excluding hydrogens is 537 g/mol. The van der Waals surface area contributed by atoms with Crippen LogP contribution in [0.15, 0.2) is 51.8 Å². The number of aliphatic hydroxyl groups is 1. The Morgan fingerprint density at radius 3 is 2.44 bits per heavy atom. The number of piperazine rings is 1. The van der Waals surface area contributed by atoms with Crippen molar-refractivity contribution in [2.75, 3.05) is 39.3 Å². The first-order valence-corrected chi connectivity index (χ1v) is 12.2. The van der Waals surface area contributed by atoms with Crippen molar-refractivity contribution in [3.8, 4) is 5.75 Å². The number of ether oxygens (including phenoxy) is 1. The van der Waals surface area contributed by atoms with Gasteiger partial charge in [-0.15, -0.1) is 0 Å². The summed E-state index contributed by atoms with van der Waals surface area (Å²) in [6.07, 6.45) is -5.48. The maximum absolute atomic E-state index is 13.0. The Morgan fingerprint density at radius 1 is 1.12 bits per heavy atom. The first-order chi connectivity index (χ1) is 15.0. The molecular formula is C20H21BrClF3N2O4S. The van der Waals surface area contributed by atoms with Gasteiger partial charge in [0.15, 0.2) is 0 Å². The van der Waals surface area contributed by atoms with Crippen LogP contribution in [0.5, 0.6) is 5.75 Å². The van der Waals surface area contributed by atoms with Crippen molar-refractivity contribution >= 4 is 37.6 Å². The van der Waals surface area contributed by atoms with Gasteiger partial charge in [-0.1, -0.05) is 33.6 Å².